The molecule has 72 valence electrons. The average Bonchev–Trinajstić information content (AvgIpc) is 2.62. The van der Waals surface area contributed by atoms with E-state index in [1.807, 2.05) is 12.3 Å². The molecular weight excluding hydrogens is 170 g/mol. The number of hydrogen-bond acceptors (Lipinski definition) is 4. The molecule has 1 amide bonds. The SMILES string of the molecule is CCNCc1ccc(C(=O)NN)o1. The number of nitrogens with one attached hydrogen (secondary N) is 2. The van der Waals surface area contributed by atoms with Gasteiger partial charge in [-0.05, 0) is 18.7 Å². The zero-order chi connectivity index (χ0) is 9.68. The van der Waals surface area contributed by atoms with Crippen LogP contribution in [0.1, 0.15) is 23.2 Å². The topological polar surface area (TPSA) is 80.3 Å². The molecule has 5 heteroatoms. The van der Waals surface area contributed by atoms with Crippen molar-refractivity contribution in [3.63, 3.8) is 0 Å². The second-order valence-corrected chi connectivity index (χ2v) is 2.52. The van der Waals surface area contributed by atoms with E-state index in [2.05, 4.69) is 5.32 Å². The molecule has 0 fully saturated rings. The van der Waals surface area contributed by atoms with E-state index in [1.54, 1.807) is 12.1 Å². The Labute approximate surface area is 76.3 Å². The molecule has 0 aliphatic rings. The van der Waals surface area contributed by atoms with Crippen LogP contribution in [0.5, 0.6) is 0 Å². The molecular formula is C8H13N3O2. The van der Waals surface area contributed by atoms with Crippen molar-refractivity contribution < 1.29 is 9.21 Å². The second kappa shape index (κ2) is 4.64. The number of hydrogen-bond donors (Lipinski definition) is 3. The largest absolute Gasteiger partial charge is 0.455 e. The lowest BCUT2D eigenvalue weighted by Crippen LogP contribution is -2.29. The molecule has 0 unspecified atom stereocenters. The van der Waals surface area contributed by atoms with Gasteiger partial charge < -0.3 is 9.73 Å². The lowest BCUT2D eigenvalue weighted by molar-refractivity contribution is 0.0924. The second-order valence-electron chi connectivity index (χ2n) is 2.52. The predicted octanol–water partition coefficient (Wildman–Crippen LogP) is -0.00740. The summed E-state index contributed by atoms with van der Waals surface area (Å²) in [4.78, 5) is 11.0. The number of amides is 1. The van der Waals surface area contributed by atoms with E-state index >= 15 is 0 Å². The van der Waals surface area contributed by atoms with Crippen LogP contribution in [0.4, 0.5) is 0 Å². The van der Waals surface area contributed by atoms with Gasteiger partial charge in [0, 0.05) is 0 Å². The molecule has 0 spiro atoms. The fraction of sp³-hybridized carbons (Fsp3) is 0.375. The molecule has 0 atom stereocenters. The van der Waals surface area contributed by atoms with Gasteiger partial charge in [0.05, 0.1) is 6.54 Å². The Morgan fingerprint density at radius 1 is 1.62 bits per heavy atom. The van der Waals surface area contributed by atoms with E-state index in [9.17, 15) is 4.79 Å². The zero-order valence-corrected chi connectivity index (χ0v) is 7.46. The summed E-state index contributed by atoms with van der Waals surface area (Å²) in [6.45, 7) is 3.48. The van der Waals surface area contributed by atoms with Gasteiger partial charge in [-0.3, -0.25) is 10.2 Å². The van der Waals surface area contributed by atoms with Crippen molar-refractivity contribution in [3.05, 3.63) is 23.7 Å². The summed E-state index contributed by atoms with van der Waals surface area (Å²) < 4.78 is 5.18. The van der Waals surface area contributed by atoms with Gasteiger partial charge in [-0.25, -0.2) is 5.84 Å². The molecule has 1 aromatic rings. The minimum absolute atomic E-state index is 0.232. The van der Waals surface area contributed by atoms with Gasteiger partial charge in [-0.15, -0.1) is 0 Å². The third-order valence-corrected chi connectivity index (χ3v) is 1.57. The standard InChI is InChI=1S/C8H13N3O2/c1-2-10-5-6-3-4-7(13-6)8(12)11-9/h3-4,10H,2,5,9H2,1H3,(H,11,12). The molecule has 1 rings (SSSR count). The van der Waals surface area contributed by atoms with Gasteiger partial charge in [0.25, 0.3) is 0 Å². The van der Waals surface area contributed by atoms with Gasteiger partial charge >= 0.3 is 5.91 Å². The molecule has 0 aromatic carbocycles. The molecule has 0 saturated carbocycles. The van der Waals surface area contributed by atoms with Crippen molar-refractivity contribution in [2.24, 2.45) is 5.84 Å². The van der Waals surface area contributed by atoms with Crippen LogP contribution in [0, 0.1) is 0 Å². The Kier molecular flexibility index (Phi) is 3.48. The van der Waals surface area contributed by atoms with Crippen molar-refractivity contribution >= 4 is 5.91 Å². The number of hydrazine groups is 1. The number of carbonyl (C=O) groups is 1. The van der Waals surface area contributed by atoms with Crippen LogP contribution in [0.15, 0.2) is 16.5 Å². The molecule has 0 saturated heterocycles. The van der Waals surface area contributed by atoms with Crippen LogP contribution in [-0.4, -0.2) is 12.5 Å². The first-order valence-corrected chi connectivity index (χ1v) is 4.08. The predicted molar refractivity (Wildman–Crippen MR) is 47.7 cm³/mol. The molecule has 1 heterocycles. The van der Waals surface area contributed by atoms with Crippen LogP contribution >= 0.6 is 0 Å². The number of furan rings is 1. The highest BCUT2D eigenvalue weighted by Gasteiger charge is 2.08. The van der Waals surface area contributed by atoms with Crippen LogP contribution in [-0.2, 0) is 6.54 Å². The van der Waals surface area contributed by atoms with Gasteiger partial charge in [-0.2, -0.15) is 0 Å². The van der Waals surface area contributed by atoms with Gasteiger partial charge in [0.1, 0.15) is 5.76 Å². The van der Waals surface area contributed by atoms with Gasteiger partial charge in [0.15, 0.2) is 5.76 Å². The van der Waals surface area contributed by atoms with Crippen molar-refractivity contribution in [2.45, 2.75) is 13.5 Å². The first-order chi connectivity index (χ1) is 6.27. The van der Waals surface area contributed by atoms with E-state index in [-0.39, 0.29) is 5.76 Å². The van der Waals surface area contributed by atoms with E-state index in [0.717, 1.165) is 12.3 Å². The summed E-state index contributed by atoms with van der Waals surface area (Å²) in [6.07, 6.45) is 0. The smallest absolute Gasteiger partial charge is 0.300 e. The van der Waals surface area contributed by atoms with Crippen molar-refractivity contribution in [3.8, 4) is 0 Å². The molecule has 13 heavy (non-hydrogen) atoms. The zero-order valence-electron chi connectivity index (χ0n) is 7.46. The molecule has 4 N–H and O–H groups in total. The number of carbonyl (C=O) groups excluding carboxylic acids is 1. The quantitative estimate of drug-likeness (QED) is 0.348. The number of nitrogen functional groups attached to an aromatic ring is 1. The minimum atomic E-state index is -0.414. The van der Waals surface area contributed by atoms with Crippen LogP contribution in [0.2, 0.25) is 0 Å². The van der Waals surface area contributed by atoms with Crippen LogP contribution in [0.25, 0.3) is 0 Å². The fourth-order valence-corrected chi connectivity index (χ4v) is 0.914. The van der Waals surface area contributed by atoms with Crippen LogP contribution < -0.4 is 16.6 Å². The van der Waals surface area contributed by atoms with Gasteiger partial charge in [-0.1, -0.05) is 6.92 Å². The highest BCUT2D eigenvalue weighted by Crippen LogP contribution is 2.06. The van der Waals surface area contributed by atoms with Crippen molar-refractivity contribution in [1.82, 2.24) is 10.7 Å². The Hall–Kier alpha value is -1.33. The Balaban J connectivity index is 2.58. The summed E-state index contributed by atoms with van der Waals surface area (Å²) in [5, 5.41) is 3.08. The third-order valence-electron chi connectivity index (χ3n) is 1.57. The molecule has 0 radical (unpaired) electrons. The fourth-order valence-electron chi connectivity index (χ4n) is 0.914. The third kappa shape index (κ3) is 2.57. The van der Waals surface area contributed by atoms with Gasteiger partial charge in [0.2, 0.25) is 0 Å². The minimum Gasteiger partial charge on any atom is -0.455 e. The maximum Gasteiger partial charge on any atom is 0.300 e. The summed E-state index contributed by atoms with van der Waals surface area (Å²) >= 11 is 0. The molecule has 0 aliphatic carbocycles. The van der Waals surface area contributed by atoms with Crippen molar-refractivity contribution in [2.75, 3.05) is 6.54 Å². The maximum absolute atomic E-state index is 11.0. The van der Waals surface area contributed by atoms with Crippen molar-refractivity contribution in [1.29, 1.82) is 0 Å². The highest BCUT2D eigenvalue weighted by molar-refractivity contribution is 5.90. The lowest BCUT2D eigenvalue weighted by atomic mass is 10.4. The molecule has 1 aromatic heterocycles. The Morgan fingerprint density at radius 2 is 2.38 bits per heavy atom. The van der Waals surface area contributed by atoms with E-state index in [1.165, 1.54) is 0 Å². The average molecular weight is 183 g/mol. The Bertz CT molecular complexity index is 283. The maximum atomic E-state index is 11.0. The molecule has 5 nitrogen and oxygen atoms in total. The molecule has 0 aliphatic heterocycles. The van der Waals surface area contributed by atoms with E-state index in [0.29, 0.717) is 6.54 Å². The van der Waals surface area contributed by atoms with E-state index < -0.39 is 5.91 Å². The molecule has 0 bridgehead atoms. The summed E-state index contributed by atoms with van der Waals surface area (Å²) in [7, 11) is 0. The normalized spacial score (nSPS) is 10.0. The highest BCUT2D eigenvalue weighted by atomic mass is 16.4. The summed E-state index contributed by atoms with van der Waals surface area (Å²) in [5.41, 5.74) is 2.00. The monoisotopic (exact) mass is 183 g/mol. The number of nitrogens with two attached hydrogens (primary N) is 1. The summed E-state index contributed by atoms with van der Waals surface area (Å²) in [6, 6.07) is 3.34. The lowest BCUT2D eigenvalue weighted by Gasteiger charge is -1.96. The van der Waals surface area contributed by atoms with E-state index in [4.69, 9.17) is 10.3 Å². The van der Waals surface area contributed by atoms with Crippen LogP contribution in [0.3, 0.4) is 0 Å². The Morgan fingerprint density at radius 3 is 3.00 bits per heavy atom. The number of rotatable bonds is 4. The summed E-state index contributed by atoms with van der Waals surface area (Å²) in [5.74, 6) is 5.48. The first-order valence-electron chi connectivity index (χ1n) is 4.08. The first kappa shape index (κ1) is 9.76.